The molecule has 0 radical (unpaired) electrons. The van der Waals surface area contributed by atoms with Crippen LogP contribution in [0.5, 0.6) is 0 Å². The van der Waals surface area contributed by atoms with E-state index in [-0.39, 0.29) is 6.04 Å². The minimum absolute atomic E-state index is 0.0459. The largest absolute Gasteiger partial charge is 0.416 e. The van der Waals surface area contributed by atoms with Crippen LogP contribution in [0.15, 0.2) is 42.6 Å². The SMILES string of the molecule is Cc1ccc(CNC(C)c2ccc(C(F)(F)F)cc2)nc1. The van der Waals surface area contributed by atoms with Gasteiger partial charge in [0.2, 0.25) is 0 Å². The fraction of sp³-hybridized carbons (Fsp3) is 0.312. The smallest absolute Gasteiger partial charge is 0.305 e. The van der Waals surface area contributed by atoms with E-state index in [1.807, 2.05) is 26.0 Å². The number of rotatable bonds is 4. The Labute approximate surface area is 122 Å². The second-order valence-electron chi connectivity index (χ2n) is 5.05. The predicted octanol–water partition coefficient (Wildman–Crippen LogP) is 4.26. The molecular weight excluding hydrogens is 277 g/mol. The second-order valence-corrected chi connectivity index (χ2v) is 5.05. The van der Waals surface area contributed by atoms with Crippen LogP contribution in [0.1, 0.15) is 35.3 Å². The van der Waals surface area contributed by atoms with Gasteiger partial charge < -0.3 is 5.32 Å². The molecule has 2 rings (SSSR count). The van der Waals surface area contributed by atoms with Crippen molar-refractivity contribution in [3.63, 3.8) is 0 Å². The van der Waals surface area contributed by atoms with E-state index in [1.165, 1.54) is 12.1 Å². The van der Waals surface area contributed by atoms with Crippen molar-refractivity contribution in [1.82, 2.24) is 10.3 Å². The fourth-order valence-electron chi connectivity index (χ4n) is 1.94. The van der Waals surface area contributed by atoms with Gasteiger partial charge in [-0.05, 0) is 43.2 Å². The van der Waals surface area contributed by atoms with E-state index in [0.29, 0.717) is 6.54 Å². The molecule has 0 spiro atoms. The van der Waals surface area contributed by atoms with Crippen molar-refractivity contribution in [3.05, 3.63) is 65.0 Å². The Morgan fingerprint density at radius 3 is 2.29 bits per heavy atom. The molecule has 1 aromatic heterocycles. The first-order chi connectivity index (χ1) is 9.86. The first-order valence-electron chi connectivity index (χ1n) is 6.68. The summed E-state index contributed by atoms with van der Waals surface area (Å²) in [6.07, 6.45) is -2.50. The van der Waals surface area contributed by atoms with Crippen molar-refractivity contribution in [2.24, 2.45) is 0 Å². The van der Waals surface area contributed by atoms with Gasteiger partial charge in [-0.3, -0.25) is 4.98 Å². The fourth-order valence-corrected chi connectivity index (χ4v) is 1.94. The molecule has 1 N–H and O–H groups in total. The Morgan fingerprint density at radius 2 is 1.76 bits per heavy atom. The molecule has 2 nitrogen and oxygen atoms in total. The topological polar surface area (TPSA) is 24.9 Å². The molecule has 1 atom stereocenters. The zero-order valence-corrected chi connectivity index (χ0v) is 11.9. The number of nitrogens with one attached hydrogen (secondary N) is 1. The van der Waals surface area contributed by atoms with Gasteiger partial charge >= 0.3 is 6.18 Å². The molecule has 0 saturated carbocycles. The van der Waals surface area contributed by atoms with Crippen LogP contribution >= 0.6 is 0 Å². The van der Waals surface area contributed by atoms with Crippen molar-refractivity contribution in [2.45, 2.75) is 32.6 Å². The molecule has 1 heterocycles. The number of aromatic nitrogens is 1. The van der Waals surface area contributed by atoms with E-state index < -0.39 is 11.7 Å². The molecule has 2 aromatic rings. The molecule has 21 heavy (non-hydrogen) atoms. The third-order valence-corrected chi connectivity index (χ3v) is 3.30. The number of pyridine rings is 1. The van der Waals surface area contributed by atoms with Gasteiger partial charge in [-0.1, -0.05) is 18.2 Å². The molecule has 0 amide bonds. The lowest BCUT2D eigenvalue weighted by molar-refractivity contribution is -0.137. The van der Waals surface area contributed by atoms with Crippen molar-refractivity contribution in [2.75, 3.05) is 0 Å². The molecule has 1 aromatic carbocycles. The maximum absolute atomic E-state index is 12.5. The third-order valence-electron chi connectivity index (χ3n) is 3.30. The van der Waals surface area contributed by atoms with Gasteiger partial charge in [-0.2, -0.15) is 13.2 Å². The van der Waals surface area contributed by atoms with Gasteiger partial charge in [0.15, 0.2) is 0 Å². The normalized spacial score (nSPS) is 13.2. The van der Waals surface area contributed by atoms with E-state index in [2.05, 4.69) is 10.3 Å². The molecule has 0 aliphatic carbocycles. The van der Waals surface area contributed by atoms with Crippen molar-refractivity contribution in [1.29, 1.82) is 0 Å². The Kier molecular flexibility index (Phi) is 4.63. The lowest BCUT2D eigenvalue weighted by atomic mass is 10.1. The molecule has 112 valence electrons. The Balaban J connectivity index is 1.97. The predicted molar refractivity (Wildman–Crippen MR) is 75.7 cm³/mol. The van der Waals surface area contributed by atoms with Crippen molar-refractivity contribution >= 4 is 0 Å². The molecule has 0 bridgehead atoms. The van der Waals surface area contributed by atoms with Crippen LogP contribution < -0.4 is 5.32 Å². The summed E-state index contributed by atoms with van der Waals surface area (Å²) < 4.78 is 37.5. The van der Waals surface area contributed by atoms with E-state index >= 15 is 0 Å². The lowest BCUT2D eigenvalue weighted by Crippen LogP contribution is -2.19. The van der Waals surface area contributed by atoms with Crippen LogP contribution in [0.25, 0.3) is 0 Å². The van der Waals surface area contributed by atoms with Gasteiger partial charge in [0, 0.05) is 18.8 Å². The number of hydrogen-bond donors (Lipinski definition) is 1. The number of halogens is 3. The number of aryl methyl sites for hydroxylation is 1. The summed E-state index contributed by atoms with van der Waals surface area (Å²) in [6, 6.07) is 9.09. The third kappa shape index (κ3) is 4.29. The van der Waals surface area contributed by atoms with Crippen LogP contribution in [0, 0.1) is 6.92 Å². The number of benzene rings is 1. The Morgan fingerprint density at radius 1 is 1.10 bits per heavy atom. The highest BCUT2D eigenvalue weighted by Gasteiger charge is 2.30. The van der Waals surface area contributed by atoms with Crippen LogP contribution in [-0.2, 0) is 12.7 Å². The van der Waals surface area contributed by atoms with Crippen LogP contribution in [0.4, 0.5) is 13.2 Å². The molecular formula is C16H17F3N2. The first-order valence-corrected chi connectivity index (χ1v) is 6.68. The highest BCUT2D eigenvalue weighted by atomic mass is 19.4. The van der Waals surface area contributed by atoms with Gasteiger partial charge in [0.1, 0.15) is 0 Å². The highest BCUT2D eigenvalue weighted by molar-refractivity contribution is 5.26. The van der Waals surface area contributed by atoms with Crippen molar-refractivity contribution in [3.8, 4) is 0 Å². The first kappa shape index (κ1) is 15.5. The van der Waals surface area contributed by atoms with Crippen molar-refractivity contribution < 1.29 is 13.2 Å². The Bertz CT molecular complexity index is 574. The monoisotopic (exact) mass is 294 g/mol. The van der Waals surface area contributed by atoms with Crippen LogP contribution in [-0.4, -0.2) is 4.98 Å². The Hall–Kier alpha value is -1.88. The second kappa shape index (κ2) is 6.26. The lowest BCUT2D eigenvalue weighted by Gasteiger charge is -2.15. The maximum atomic E-state index is 12.5. The average Bonchev–Trinajstić information content (AvgIpc) is 2.45. The molecule has 0 fully saturated rings. The van der Waals surface area contributed by atoms with Gasteiger partial charge in [-0.15, -0.1) is 0 Å². The van der Waals surface area contributed by atoms with Crippen LogP contribution in [0.2, 0.25) is 0 Å². The summed E-state index contributed by atoms with van der Waals surface area (Å²) in [5.74, 6) is 0. The van der Waals surface area contributed by atoms with E-state index in [0.717, 1.165) is 29.0 Å². The highest BCUT2D eigenvalue weighted by Crippen LogP contribution is 2.29. The maximum Gasteiger partial charge on any atom is 0.416 e. The summed E-state index contributed by atoms with van der Waals surface area (Å²) in [5, 5.41) is 3.25. The molecule has 1 unspecified atom stereocenters. The van der Waals surface area contributed by atoms with Gasteiger partial charge in [0.25, 0.3) is 0 Å². The van der Waals surface area contributed by atoms with Gasteiger partial charge in [-0.25, -0.2) is 0 Å². The van der Waals surface area contributed by atoms with E-state index in [9.17, 15) is 13.2 Å². The standard InChI is InChI=1S/C16H17F3N2/c1-11-3-8-15(21-9-11)10-20-12(2)13-4-6-14(7-5-13)16(17,18)19/h3-9,12,20H,10H2,1-2H3. The summed E-state index contributed by atoms with van der Waals surface area (Å²) in [4.78, 5) is 4.28. The molecule has 0 saturated heterocycles. The summed E-state index contributed by atoms with van der Waals surface area (Å²) in [7, 11) is 0. The summed E-state index contributed by atoms with van der Waals surface area (Å²) >= 11 is 0. The van der Waals surface area contributed by atoms with E-state index in [4.69, 9.17) is 0 Å². The minimum Gasteiger partial charge on any atom is -0.305 e. The number of hydrogen-bond acceptors (Lipinski definition) is 2. The molecule has 5 heteroatoms. The quantitative estimate of drug-likeness (QED) is 0.911. The van der Waals surface area contributed by atoms with Crippen LogP contribution in [0.3, 0.4) is 0 Å². The summed E-state index contributed by atoms with van der Waals surface area (Å²) in [5.41, 5.74) is 2.18. The summed E-state index contributed by atoms with van der Waals surface area (Å²) in [6.45, 7) is 4.45. The molecule has 0 aliphatic heterocycles. The zero-order valence-electron chi connectivity index (χ0n) is 11.9. The number of nitrogens with zero attached hydrogens (tertiary/aromatic N) is 1. The van der Waals surface area contributed by atoms with E-state index in [1.54, 1.807) is 6.20 Å². The minimum atomic E-state index is -4.29. The van der Waals surface area contributed by atoms with Gasteiger partial charge in [0.05, 0.1) is 11.3 Å². The average molecular weight is 294 g/mol. The number of alkyl halides is 3. The zero-order chi connectivity index (χ0) is 15.5. The molecule has 0 aliphatic rings.